The average Bonchev–Trinajstić information content (AvgIpc) is 2.36. The molecule has 0 spiro atoms. The van der Waals surface area contributed by atoms with Gasteiger partial charge in [-0.15, -0.1) is 0 Å². The summed E-state index contributed by atoms with van der Waals surface area (Å²) in [5, 5.41) is 12.3. The maximum atomic E-state index is 9.06. The van der Waals surface area contributed by atoms with Gasteiger partial charge in [-0.05, 0) is 25.5 Å². The second-order valence-electron chi connectivity index (χ2n) is 3.82. The maximum absolute atomic E-state index is 9.06. The van der Waals surface area contributed by atoms with Crippen molar-refractivity contribution in [1.82, 2.24) is 0 Å². The molecule has 4 nitrogen and oxygen atoms in total. The van der Waals surface area contributed by atoms with E-state index in [1.54, 1.807) is 20.3 Å². The first kappa shape index (κ1) is 13.3. The third kappa shape index (κ3) is 3.65. The summed E-state index contributed by atoms with van der Waals surface area (Å²) in [5.41, 5.74) is 1.34. The lowest BCUT2D eigenvalue weighted by atomic mass is 10.1. The van der Waals surface area contributed by atoms with E-state index in [9.17, 15) is 0 Å². The van der Waals surface area contributed by atoms with E-state index in [0.717, 1.165) is 12.1 Å². The molecule has 0 bridgehead atoms. The van der Waals surface area contributed by atoms with Crippen LogP contribution in [0.4, 0.5) is 5.69 Å². The first-order chi connectivity index (χ1) is 8.22. The summed E-state index contributed by atoms with van der Waals surface area (Å²) in [4.78, 5) is 0. The minimum Gasteiger partial charge on any atom is -0.495 e. The first-order valence-electron chi connectivity index (χ1n) is 5.55. The van der Waals surface area contributed by atoms with Crippen molar-refractivity contribution in [2.45, 2.75) is 19.4 Å². The van der Waals surface area contributed by atoms with E-state index >= 15 is 0 Å². The van der Waals surface area contributed by atoms with Crippen molar-refractivity contribution >= 4 is 5.69 Å². The quantitative estimate of drug-likeness (QED) is 0.821. The Morgan fingerprint density at radius 3 is 2.76 bits per heavy atom. The molecule has 0 saturated carbocycles. The zero-order valence-electron chi connectivity index (χ0n) is 10.5. The van der Waals surface area contributed by atoms with Crippen molar-refractivity contribution in [2.24, 2.45) is 0 Å². The van der Waals surface area contributed by atoms with Gasteiger partial charge in [0.15, 0.2) is 0 Å². The van der Waals surface area contributed by atoms with Crippen molar-refractivity contribution in [1.29, 1.82) is 5.26 Å². The Morgan fingerprint density at radius 2 is 2.18 bits per heavy atom. The van der Waals surface area contributed by atoms with Crippen molar-refractivity contribution in [2.75, 3.05) is 26.1 Å². The smallest absolute Gasteiger partial charge is 0.143 e. The highest BCUT2D eigenvalue weighted by atomic mass is 16.5. The number of ether oxygens (including phenoxy) is 2. The van der Waals surface area contributed by atoms with Crippen LogP contribution in [0.3, 0.4) is 0 Å². The molecule has 1 N–H and O–H groups in total. The fourth-order valence-corrected chi connectivity index (χ4v) is 1.56. The van der Waals surface area contributed by atoms with Crippen molar-refractivity contribution in [3.63, 3.8) is 0 Å². The molecule has 0 aliphatic carbocycles. The fourth-order valence-electron chi connectivity index (χ4n) is 1.56. The van der Waals surface area contributed by atoms with Crippen LogP contribution in [-0.4, -0.2) is 26.9 Å². The van der Waals surface area contributed by atoms with Crippen LogP contribution in [0.25, 0.3) is 0 Å². The van der Waals surface area contributed by atoms with E-state index in [2.05, 4.69) is 11.4 Å². The number of hydrogen-bond acceptors (Lipinski definition) is 4. The fraction of sp³-hybridized carbons (Fsp3) is 0.462. The number of anilines is 1. The number of hydrogen-bond donors (Lipinski definition) is 1. The molecule has 0 heterocycles. The summed E-state index contributed by atoms with van der Waals surface area (Å²) in [6.45, 7) is 2.73. The standard InChI is InChI=1S/C13H18N2O2/c1-10(7-8-16-2)15-13-11(9-14)5-4-6-12(13)17-3/h4-6,10,15H,7-8H2,1-3H3. The minimum absolute atomic E-state index is 0.221. The molecular formula is C13H18N2O2. The predicted molar refractivity (Wildman–Crippen MR) is 67.3 cm³/mol. The van der Waals surface area contributed by atoms with Crippen LogP contribution in [0.2, 0.25) is 0 Å². The molecule has 0 radical (unpaired) electrons. The highest BCUT2D eigenvalue weighted by molar-refractivity contribution is 5.66. The van der Waals surface area contributed by atoms with Crippen LogP contribution in [0.5, 0.6) is 5.75 Å². The largest absolute Gasteiger partial charge is 0.495 e. The molecule has 1 aromatic carbocycles. The van der Waals surface area contributed by atoms with Gasteiger partial charge >= 0.3 is 0 Å². The van der Waals surface area contributed by atoms with Crippen molar-refractivity contribution in [3.8, 4) is 11.8 Å². The molecule has 17 heavy (non-hydrogen) atoms. The second-order valence-corrected chi connectivity index (χ2v) is 3.82. The summed E-state index contributed by atoms with van der Waals surface area (Å²) >= 11 is 0. The summed E-state index contributed by atoms with van der Waals surface area (Å²) < 4.78 is 10.3. The van der Waals surface area contributed by atoms with Crippen LogP contribution in [0, 0.1) is 11.3 Å². The van der Waals surface area contributed by atoms with Crippen LogP contribution in [-0.2, 0) is 4.74 Å². The lowest BCUT2D eigenvalue weighted by Gasteiger charge is -2.18. The Labute approximate surface area is 102 Å². The highest BCUT2D eigenvalue weighted by Gasteiger charge is 2.11. The summed E-state index contributed by atoms with van der Waals surface area (Å²) in [6, 6.07) is 7.80. The van der Waals surface area contributed by atoms with Gasteiger partial charge in [-0.3, -0.25) is 0 Å². The van der Waals surface area contributed by atoms with Crippen LogP contribution >= 0.6 is 0 Å². The molecule has 0 aromatic heterocycles. The molecule has 1 atom stereocenters. The van der Waals surface area contributed by atoms with Crippen molar-refractivity contribution < 1.29 is 9.47 Å². The lowest BCUT2D eigenvalue weighted by molar-refractivity contribution is 0.191. The lowest BCUT2D eigenvalue weighted by Crippen LogP contribution is -2.18. The summed E-state index contributed by atoms with van der Waals surface area (Å²) in [6.07, 6.45) is 0.874. The molecule has 0 amide bonds. The minimum atomic E-state index is 0.221. The molecule has 4 heteroatoms. The zero-order valence-corrected chi connectivity index (χ0v) is 10.5. The van der Waals surface area contributed by atoms with Gasteiger partial charge in [0.05, 0.1) is 18.4 Å². The van der Waals surface area contributed by atoms with E-state index in [1.807, 2.05) is 19.1 Å². The van der Waals surface area contributed by atoms with Gasteiger partial charge in [0, 0.05) is 19.8 Å². The molecule has 1 aromatic rings. The predicted octanol–water partition coefficient (Wildman–Crippen LogP) is 2.40. The Bertz CT molecular complexity index is 399. The number of nitriles is 1. The number of para-hydroxylation sites is 1. The monoisotopic (exact) mass is 234 g/mol. The molecule has 1 rings (SSSR count). The van der Waals surface area contributed by atoms with Gasteiger partial charge in [0.1, 0.15) is 11.8 Å². The molecule has 0 fully saturated rings. The zero-order chi connectivity index (χ0) is 12.7. The van der Waals surface area contributed by atoms with E-state index < -0.39 is 0 Å². The van der Waals surface area contributed by atoms with E-state index in [-0.39, 0.29) is 6.04 Å². The topological polar surface area (TPSA) is 54.3 Å². The van der Waals surface area contributed by atoms with Crippen LogP contribution in [0.15, 0.2) is 18.2 Å². The van der Waals surface area contributed by atoms with Crippen LogP contribution in [0.1, 0.15) is 18.9 Å². The number of benzene rings is 1. The molecule has 92 valence electrons. The van der Waals surface area contributed by atoms with Gasteiger partial charge in [-0.25, -0.2) is 0 Å². The summed E-state index contributed by atoms with van der Waals surface area (Å²) in [7, 11) is 3.28. The van der Waals surface area contributed by atoms with Gasteiger partial charge in [0.25, 0.3) is 0 Å². The van der Waals surface area contributed by atoms with E-state index in [4.69, 9.17) is 14.7 Å². The number of nitrogens with one attached hydrogen (secondary N) is 1. The maximum Gasteiger partial charge on any atom is 0.143 e. The van der Waals surface area contributed by atoms with E-state index in [0.29, 0.717) is 17.9 Å². The van der Waals surface area contributed by atoms with Gasteiger partial charge < -0.3 is 14.8 Å². The van der Waals surface area contributed by atoms with Crippen molar-refractivity contribution in [3.05, 3.63) is 23.8 Å². The number of rotatable bonds is 6. The second kappa shape index (κ2) is 6.77. The Balaban J connectivity index is 2.84. The highest BCUT2D eigenvalue weighted by Crippen LogP contribution is 2.28. The Hall–Kier alpha value is -1.73. The molecule has 0 aliphatic rings. The average molecular weight is 234 g/mol. The SMILES string of the molecule is COCCC(C)Nc1c(C#N)cccc1OC. The third-order valence-corrected chi connectivity index (χ3v) is 2.51. The van der Waals surface area contributed by atoms with Crippen LogP contribution < -0.4 is 10.1 Å². The number of nitrogens with zero attached hydrogens (tertiary/aromatic N) is 1. The first-order valence-corrected chi connectivity index (χ1v) is 5.55. The molecule has 1 unspecified atom stereocenters. The van der Waals surface area contributed by atoms with Gasteiger partial charge in [-0.1, -0.05) is 6.07 Å². The van der Waals surface area contributed by atoms with Gasteiger partial charge in [-0.2, -0.15) is 5.26 Å². The van der Waals surface area contributed by atoms with E-state index in [1.165, 1.54) is 0 Å². The number of methoxy groups -OCH3 is 2. The molecular weight excluding hydrogens is 216 g/mol. The third-order valence-electron chi connectivity index (χ3n) is 2.51. The van der Waals surface area contributed by atoms with Gasteiger partial charge in [0.2, 0.25) is 0 Å². The summed E-state index contributed by atoms with van der Waals surface area (Å²) in [5.74, 6) is 0.688. The molecule has 0 aliphatic heterocycles. The normalized spacial score (nSPS) is 11.6. The Kier molecular flexibility index (Phi) is 5.31. The Morgan fingerprint density at radius 1 is 1.41 bits per heavy atom. The molecule has 0 saturated heterocycles.